The Kier molecular flexibility index (Phi) is 6.11. The first-order chi connectivity index (χ1) is 13.0. The van der Waals surface area contributed by atoms with Gasteiger partial charge in [-0.25, -0.2) is 4.98 Å². The largest absolute Gasteiger partial charge is 0.494 e. The average molecular weight is 388 g/mol. The zero-order valence-corrected chi connectivity index (χ0v) is 16.7. The van der Waals surface area contributed by atoms with E-state index < -0.39 is 0 Å². The molecular formula is C20H25N3O3S. The van der Waals surface area contributed by atoms with Crippen LogP contribution in [0.4, 0.5) is 5.13 Å². The topological polar surface area (TPSA) is 71.5 Å². The molecule has 0 spiro atoms. The number of thiazole rings is 1. The van der Waals surface area contributed by atoms with Crippen LogP contribution in [0.2, 0.25) is 0 Å². The Hall–Kier alpha value is -2.41. The van der Waals surface area contributed by atoms with Gasteiger partial charge >= 0.3 is 0 Å². The third kappa shape index (κ3) is 4.66. The van der Waals surface area contributed by atoms with Crippen molar-refractivity contribution in [2.45, 2.75) is 39.7 Å². The van der Waals surface area contributed by atoms with Crippen LogP contribution in [0.25, 0.3) is 11.3 Å². The summed E-state index contributed by atoms with van der Waals surface area (Å²) in [5.41, 5.74) is 1.78. The molecule has 6 nitrogen and oxygen atoms in total. The number of aromatic nitrogens is 1. The lowest BCUT2D eigenvalue weighted by Crippen LogP contribution is -2.33. The minimum atomic E-state index is -0.317. The number of nitrogens with zero attached hydrogens (tertiary/aromatic N) is 2. The van der Waals surface area contributed by atoms with Crippen molar-refractivity contribution in [2.24, 2.45) is 5.92 Å². The smallest absolute Gasteiger partial charge is 0.231 e. The number of ether oxygens (including phenoxy) is 1. The molecule has 1 N–H and O–H groups in total. The molecule has 2 amide bonds. The van der Waals surface area contributed by atoms with Crippen molar-refractivity contribution >= 4 is 28.3 Å². The molecule has 1 aromatic heterocycles. The first-order valence-electron chi connectivity index (χ1n) is 9.27. The summed E-state index contributed by atoms with van der Waals surface area (Å²) in [6, 6.07) is 7.88. The third-order valence-electron chi connectivity index (χ3n) is 4.51. The Bertz CT molecular complexity index is 801. The molecule has 1 atom stereocenters. The summed E-state index contributed by atoms with van der Waals surface area (Å²) in [4.78, 5) is 30.7. The average Bonchev–Trinajstić information content (AvgIpc) is 3.27. The summed E-state index contributed by atoms with van der Waals surface area (Å²) in [7, 11) is 0. The summed E-state index contributed by atoms with van der Waals surface area (Å²) >= 11 is 1.38. The number of carbonyl (C=O) groups excluding carboxylic acids is 2. The Morgan fingerprint density at radius 1 is 1.37 bits per heavy atom. The molecule has 1 saturated heterocycles. The Morgan fingerprint density at radius 2 is 2.11 bits per heavy atom. The Morgan fingerprint density at radius 3 is 2.74 bits per heavy atom. The van der Waals surface area contributed by atoms with Crippen molar-refractivity contribution in [3.8, 4) is 17.0 Å². The van der Waals surface area contributed by atoms with E-state index in [2.05, 4.69) is 17.2 Å². The highest BCUT2D eigenvalue weighted by molar-refractivity contribution is 7.14. The summed E-state index contributed by atoms with van der Waals surface area (Å²) in [5.74, 6) is 0.415. The van der Waals surface area contributed by atoms with Crippen molar-refractivity contribution in [3.63, 3.8) is 0 Å². The molecule has 0 bridgehead atoms. The molecule has 1 aromatic carbocycles. The molecule has 0 aliphatic carbocycles. The van der Waals surface area contributed by atoms with E-state index in [0.717, 1.165) is 23.4 Å². The monoisotopic (exact) mass is 387 g/mol. The fraction of sp³-hybridized carbons (Fsp3) is 0.450. The second-order valence-corrected chi connectivity index (χ2v) is 7.80. The van der Waals surface area contributed by atoms with Crippen LogP contribution in [-0.2, 0) is 9.59 Å². The lowest BCUT2D eigenvalue weighted by Gasteiger charge is -2.20. The fourth-order valence-electron chi connectivity index (χ4n) is 3.02. The number of hydrogen-bond donors (Lipinski definition) is 1. The number of hydrogen-bond acceptors (Lipinski definition) is 5. The van der Waals surface area contributed by atoms with Crippen LogP contribution < -0.4 is 10.1 Å². The number of likely N-dealkylation sites (tertiary alicyclic amines) is 1. The Labute approximate surface area is 163 Å². The highest BCUT2D eigenvalue weighted by atomic mass is 32.1. The summed E-state index contributed by atoms with van der Waals surface area (Å²) in [6.45, 7) is 7.17. The van der Waals surface area contributed by atoms with E-state index in [1.807, 2.05) is 43.5 Å². The molecule has 1 unspecified atom stereocenters. The van der Waals surface area contributed by atoms with Crippen molar-refractivity contribution in [1.29, 1.82) is 0 Å². The maximum atomic E-state index is 12.5. The van der Waals surface area contributed by atoms with Crippen molar-refractivity contribution in [2.75, 3.05) is 18.5 Å². The van der Waals surface area contributed by atoms with Crippen LogP contribution >= 0.6 is 11.3 Å². The second-order valence-electron chi connectivity index (χ2n) is 6.94. The molecule has 1 fully saturated rings. The van der Waals surface area contributed by atoms with E-state index in [0.29, 0.717) is 18.3 Å². The molecule has 1 aliphatic heterocycles. The van der Waals surface area contributed by atoms with E-state index in [-0.39, 0.29) is 30.2 Å². The minimum Gasteiger partial charge on any atom is -0.494 e. The molecular weight excluding hydrogens is 362 g/mol. The van der Waals surface area contributed by atoms with Crippen molar-refractivity contribution < 1.29 is 14.3 Å². The van der Waals surface area contributed by atoms with Gasteiger partial charge in [-0.3, -0.25) is 9.59 Å². The lowest BCUT2D eigenvalue weighted by atomic mass is 10.1. The molecule has 0 radical (unpaired) electrons. The van der Waals surface area contributed by atoms with E-state index in [1.165, 1.54) is 11.3 Å². The quantitative estimate of drug-likeness (QED) is 0.784. The summed E-state index contributed by atoms with van der Waals surface area (Å²) in [6.07, 6.45) is 1.24. The number of rotatable bonds is 7. The van der Waals surface area contributed by atoms with Crippen LogP contribution in [0.15, 0.2) is 29.6 Å². The van der Waals surface area contributed by atoms with Gasteiger partial charge in [0.1, 0.15) is 5.75 Å². The predicted molar refractivity (Wildman–Crippen MR) is 107 cm³/mol. The van der Waals surface area contributed by atoms with Crippen LogP contribution in [0.1, 0.15) is 33.6 Å². The number of carbonyl (C=O) groups is 2. The predicted octanol–water partition coefficient (Wildman–Crippen LogP) is 3.79. The summed E-state index contributed by atoms with van der Waals surface area (Å²) < 4.78 is 5.59. The van der Waals surface area contributed by atoms with Gasteiger partial charge < -0.3 is 15.0 Å². The maximum Gasteiger partial charge on any atom is 0.231 e. The zero-order valence-electron chi connectivity index (χ0n) is 15.9. The van der Waals surface area contributed by atoms with Crippen molar-refractivity contribution in [1.82, 2.24) is 9.88 Å². The van der Waals surface area contributed by atoms with Gasteiger partial charge in [-0.2, -0.15) is 0 Å². The highest BCUT2D eigenvalue weighted by Crippen LogP contribution is 2.28. The fourth-order valence-corrected chi connectivity index (χ4v) is 3.74. The SMILES string of the molecule is CCCOc1ccc(-c2csc(NC(=O)C3CC(=O)N(C(C)C)C3)n2)cc1. The third-order valence-corrected chi connectivity index (χ3v) is 5.27. The maximum absolute atomic E-state index is 12.5. The zero-order chi connectivity index (χ0) is 19.4. The lowest BCUT2D eigenvalue weighted by molar-refractivity contribution is -0.129. The number of benzene rings is 1. The normalized spacial score (nSPS) is 16.8. The van der Waals surface area contributed by atoms with E-state index in [9.17, 15) is 9.59 Å². The summed E-state index contributed by atoms with van der Waals surface area (Å²) in [5, 5.41) is 5.33. The van der Waals surface area contributed by atoms with Crippen LogP contribution in [0.3, 0.4) is 0 Å². The molecule has 144 valence electrons. The highest BCUT2D eigenvalue weighted by Gasteiger charge is 2.35. The molecule has 2 aromatic rings. The second kappa shape index (κ2) is 8.52. The van der Waals surface area contributed by atoms with Gasteiger partial charge in [-0.15, -0.1) is 11.3 Å². The van der Waals surface area contributed by atoms with Gasteiger partial charge in [-0.1, -0.05) is 6.92 Å². The van der Waals surface area contributed by atoms with Gasteiger partial charge in [0, 0.05) is 30.0 Å². The van der Waals surface area contributed by atoms with Crippen LogP contribution in [-0.4, -0.2) is 40.9 Å². The Balaban J connectivity index is 1.61. The van der Waals surface area contributed by atoms with Gasteiger partial charge in [0.05, 0.1) is 18.2 Å². The van der Waals surface area contributed by atoms with E-state index in [1.54, 1.807) is 4.90 Å². The molecule has 7 heteroatoms. The van der Waals surface area contributed by atoms with E-state index >= 15 is 0 Å². The first kappa shape index (κ1) is 19.4. The number of amides is 2. The molecule has 0 saturated carbocycles. The molecule has 3 rings (SSSR count). The van der Waals surface area contributed by atoms with Gasteiger partial charge in [0.25, 0.3) is 0 Å². The first-order valence-corrected chi connectivity index (χ1v) is 10.1. The standard InChI is InChI=1S/C20H25N3O3S/c1-4-9-26-16-7-5-14(6-8-16)17-12-27-20(21-17)22-19(25)15-10-18(24)23(11-15)13(2)3/h5-8,12-13,15H,4,9-11H2,1-3H3,(H,21,22,25). The molecule has 27 heavy (non-hydrogen) atoms. The van der Waals surface area contributed by atoms with Crippen molar-refractivity contribution in [3.05, 3.63) is 29.6 Å². The van der Waals surface area contributed by atoms with Gasteiger partial charge in [0.2, 0.25) is 11.8 Å². The number of nitrogens with one attached hydrogen (secondary N) is 1. The van der Waals surface area contributed by atoms with Crippen LogP contribution in [0.5, 0.6) is 5.75 Å². The molecule has 2 heterocycles. The number of anilines is 1. The van der Waals surface area contributed by atoms with Gasteiger partial charge in [-0.05, 0) is 44.5 Å². The van der Waals surface area contributed by atoms with Gasteiger partial charge in [0.15, 0.2) is 5.13 Å². The minimum absolute atomic E-state index is 0.0374. The van der Waals surface area contributed by atoms with E-state index in [4.69, 9.17) is 4.74 Å². The molecule has 1 aliphatic rings. The van der Waals surface area contributed by atoms with Crippen LogP contribution in [0, 0.1) is 5.92 Å².